The summed E-state index contributed by atoms with van der Waals surface area (Å²) in [7, 11) is 1.54. The fourth-order valence-electron chi connectivity index (χ4n) is 4.18. The van der Waals surface area contributed by atoms with Gasteiger partial charge in [0.2, 0.25) is 11.8 Å². The number of carbonyl (C=O) groups is 3. The van der Waals surface area contributed by atoms with Gasteiger partial charge < -0.3 is 19.4 Å². The Balaban J connectivity index is 1.37. The highest BCUT2D eigenvalue weighted by molar-refractivity contribution is 6.33. The number of ether oxygens (including phenoxy) is 1. The van der Waals surface area contributed by atoms with Gasteiger partial charge in [0.05, 0.1) is 29.3 Å². The van der Waals surface area contributed by atoms with Gasteiger partial charge in [0.1, 0.15) is 11.6 Å². The van der Waals surface area contributed by atoms with Gasteiger partial charge in [-0.2, -0.15) is 0 Å². The molecule has 4 rings (SSSR count). The number of hydrogen-bond donors (Lipinski definition) is 0. The SMILES string of the molecule is COc1ccccc1N1CC(C(=O)N2CCN(C(=O)c3ccc(F)cc3Cl)CC2)CC1=O. The van der Waals surface area contributed by atoms with Crippen LogP contribution in [0.15, 0.2) is 42.5 Å². The Morgan fingerprint density at radius 3 is 2.44 bits per heavy atom. The Morgan fingerprint density at radius 2 is 1.75 bits per heavy atom. The average Bonchev–Trinajstić information content (AvgIpc) is 3.19. The van der Waals surface area contributed by atoms with E-state index in [4.69, 9.17) is 16.3 Å². The van der Waals surface area contributed by atoms with E-state index in [0.29, 0.717) is 44.2 Å². The molecule has 2 aliphatic rings. The van der Waals surface area contributed by atoms with Crippen molar-refractivity contribution in [2.45, 2.75) is 6.42 Å². The van der Waals surface area contributed by atoms with Crippen LogP contribution in [0.1, 0.15) is 16.8 Å². The smallest absolute Gasteiger partial charge is 0.255 e. The van der Waals surface area contributed by atoms with Crippen molar-refractivity contribution < 1.29 is 23.5 Å². The number of methoxy groups -OCH3 is 1. The minimum Gasteiger partial charge on any atom is -0.495 e. The largest absolute Gasteiger partial charge is 0.495 e. The minimum absolute atomic E-state index is 0.0643. The van der Waals surface area contributed by atoms with Gasteiger partial charge >= 0.3 is 0 Å². The molecule has 2 heterocycles. The van der Waals surface area contributed by atoms with Crippen LogP contribution in [0, 0.1) is 11.7 Å². The lowest BCUT2D eigenvalue weighted by atomic mass is 10.1. The lowest BCUT2D eigenvalue weighted by Gasteiger charge is -2.36. The number of piperazine rings is 1. The van der Waals surface area contributed by atoms with Crippen LogP contribution in [0.3, 0.4) is 0 Å². The molecule has 0 radical (unpaired) electrons. The molecule has 2 aliphatic heterocycles. The number of nitrogens with zero attached hydrogens (tertiary/aromatic N) is 3. The Morgan fingerprint density at radius 1 is 1.06 bits per heavy atom. The number of rotatable bonds is 4. The maximum Gasteiger partial charge on any atom is 0.255 e. The first-order valence-electron chi connectivity index (χ1n) is 10.4. The van der Waals surface area contributed by atoms with Gasteiger partial charge in [-0.1, -0.05) is 23.7 Å². The summed E-state index contributed by atoms with van der Waals surface area (Å²) >= 11 is 6.01. The van der Waals surface area contributed by atoms with E-state index in [2.05, 4.69) is 0 Å². The molecule has 2 fully saturated rings. The zero-order chi connectivity index (χ0) is 22.8. The normalized spacial score (nSPS) is 18.8. The zero-order valence-electron chi connectivity index (χ0n) is 17.6. The highest BCUT2D eigenvalue weighted by Crippen LogP contribution is 2.33. The molecule has 0 saturated carbocycles. The predicted molar refractivity (Wildman–Crippen MR) is 117 cm³/mol. The fourth-order valence-corrected chi connectivity index (χ4v) is 4.43. The lowest BCUT2D eigenvalue weighted by molar-refractivity contribution is -0.137. The van der Waals surface area contributed by atoms with Crippen molar-refractivity contribution >= 4 is 35.0 Å². The monoisotopic (exact) mass is 459 g/mol. The molecule has 0 spiro atoms. The number of halogens is 2. The van der Waals surface area contributed by atoms with Crippen LogP contribution in [-0.2, 0) is 9.59 Å². The predicted octanol–water partition coefficient (Wildman–Crippen LogP) is 2.83. The van der Waals surface area contributed by atoms with Gasteiger partial charge in [-0.15, -0.1) is 0 Å². The molecule has 1 unspecified atom stereocenters. The van der Waals surface area contributed by atoms with Crippen molar-refractivity contribution in [3.63, 3.8) is 0 Å². The molecule has 1 atom stereocenters. The number of hydrogen-bond acceptors (Lipinski definition) is 4. The summed E-state index contributed by atoms with van der Waals surface area (Å²) in [5.41, 5.74) is 0.892. The molecular weight excluding hydrogens is 437 g/mol. The summed E-state index contributed by atoms with van der Waals surface area (Å²) in [5.74, 6) is -0.868. The first kappa shape index (κ1) is 22.1. The Kier molecular flexibility index (Phi) is 6.32. The Hall–Kier alpha value is -3.13. The first-order chi connectivity index (χ1) is 15.4. The van der Waals surface area contributed by atoms with Gasteiger partial charge in [-0.3, -0.25) is 14.4 Å². The summed E-state index contributed by atoms with van der Waals surface area (Å²) < 4.78 is 18.6. The number of amides is 3. The van der Waals surface area contributed by atoms with Crippen LogP contribution < -0.4 is 9.64 Å². The molecule has 0 N–H and O–H groups in total. The zero-order valence-corrected chi connectivity index (χ0v) is 18.3. The number of para-hydroxylation sites is 2. The molecule has 3 amide bonds. The van der Waals surface area contributed by atoms with Gasteiger partial charge in [0.15, 0.2) is 0 Å². The third-order valence-corrected chi connectivity index (χ3v) is 6.20. The van der Waals surface area contributed by atoms with E-state index in [0.717, 1.165) is 6.07 Å². The molecule has 2 saturated heterocycles. The molecule has 2 aromatic carbocycles. The molecule has 2 aromatic rings. The molecule has 9 heteroatoms. The topological polar surface area (TPSA) is 70.2 Å². The number of anilines is 1. The summed E-state index contributed by atoms with van der Waals surface area (Å²) in [4.78, 5) is 43.3. The molecule has 32 heavy (non-hydrogen) atoms. The third-order valence-electron chi connectivity index (χ3n) is 5.89. The van der Waals surface area contributed by atoms with E-state index in [-0.39, 0.29) is 34.7 Å². The van der Waals surface area contributed by atoms with Crippen molar-refractivity contribution in [2.75, 3.05) is 44.7 Å². The standard InChI is InChI=1S/C23H23ClFN3O4/c1-32-20-5-3-2-4-19(20)28-14-15(12-21(28)29)22(30)26-8-10-27(11-9-26)23(31)17-7-6-16(25)13-18(17)24/h2-7,13,15H,8-12,14H2,1H3. The van der Waals surface area contributed by atoms with Gasteiger partial charge in [-0.25, -0.2) is 4.39 Å². The van der Waals surface area contributed by atoms with Crippen LogP contribution >= 0.6 is 11.6 Å². The van der Waals surface area contributed by atoms with Gasteiger partial charge in [0.25, 0.3) is 5.91 Å². The van der Waals surface area contributed by atoms with E-state index in [1.165, 1.54) is 12.1 Å². The molecule has 0 aromatic heterocycles. The van der Waals surface area contributed by atoms with E-state index in [1.807, 2.05) is 12.1 Å². The Labute approximate surface area is 190 Å². The van der Waals surface area contributed by atoms with Crippen LogP contribution in [0.25, 0.3) is 0 Å². The van der Waals surface area contributed by atoms with Crippen LogP contribution in [0.5, 0.6) is 5.75 Å². The van der Waals surface area contributed by atoms with E-state index < -0.39 is 11.7 Å². The molecule has 168 valence electrons. The maximum absolute atomic E-state index is 13.3. The minimum atomic E-state index is -0.504. The highest BCUT2D eigenvalue weighted by Gasteiger charge is 2.39. The highest BCUT2D eigenvalue weighted by atomic mass is 35.5. The van der Waals surface area contributed by atoms with E-state index in [9.17, 15) is 18.8 Å². The summed E-state index contributed by atoms with van der Waals surface area (Å²) in [6.45, 7) is 1.71. The van der Waals surface area contributed by atoms with Crippen molar-refractivity contribution in [3.8, 4) is 5.75 Å². The first-order valence-corrected chi connectivity index (χ1v) is 10.7. The van der Waals surface area contributed by atoms with Crippen LogP contribution in [0.2, 0.25) is 5.02 Å². The number of carbonyl (C=O) groups excluding carboxylic acids is 3. The lowest BCUT2D eigenvalue weighted by Crippen LogP contribution is -2.52. The summed E-state index contributed by atoms with van der Waals surface area (Å²) in [6, 6.07) is 10.9. The van der Waals surface area contributed by atoms with Gasteiger partial charge in [0, 0.05) is 39.1 Å². The fraction of sp³-hybridized carbons (Fsp3) is 0.348. The quantitative estimate of drug-likeness (QED) is 0.705. The molecule has 0 aliphatic carbocycles. The second-order valence-corrected chi connectivity index (χ2v) is 8.23. The van der Waals surface area contributed by atoms with Crippen molar-refractivity contribution in [2.24, 2.45) is 5.92 Å². The van der Waals surface area contributed by atoms with Crippen LogP contribution in [0.4, 0.5) is 10.1 Å². The summed E-state index contributed by atoms with van der Waals surface area (Å²) in [5, 5.41) is 0.0643. The number of benzene rings is 2. The van der Waals surface area contributed by atoms with Gasteiger partial charge in [-0.05, 0) is 30.3 Å². The van der Waals surface area contributed by atoms with Crippen LogP contribution in [-0.4, -0.2) is 67.4 Å². The maximum atomic E-state index is 13.3. The Bertz CT molecular complexity index is 1060. The van der Waals surface area contributed by atoms with E-state index in [1.54, 1.807) is 33.9 Å². The second-order valence-electron chi connectivity index (χ2n) is 7.82. The van der Waals surface area contributed by atoms with Crippen molar-refractivity contribution in [1.82, 2.24) is 9.80 Å². The molecule has 0 bridgehead atoms. The van der Waals surface area contributed by atoms with Crippen molar-refractivity contribution in [3.05, 3.63) is 58.9 Å². The molecule has 7 nitrogen and oxygen atoms in total. The average molecular weight is 460 g/mol. The van der Waals surface area contributed by atoms with Crippen molar-refractivity contribution in [1.29, 1.82) is 0 Å². The summed E-state index contributed by atoms with van der Waals surface area (Å²) in [6.07, 6.45) is 0.140. The second kappa shape index (κ2) is 9.16. The third kappa shape index (κ3) is 4.27. The van der Waals surface area contributed by atoms with E-state index >= 15 is 0 Å². The molecular formula is C23H23ClFN3O4.